The number of aliphatic hydroxyl groups excluding tert-OH is 1. The summed E-state index contributed by atoms with van der Waals surface area (Å²) in [7, 11) is 0. The maximum absolute atomic E-state index is 12.8. The Kier molecular flexibility index (Phi) is 6.96. The van der Waals surface area contributed by atoms with Crippen LogP contribution in [0.15, 0.2) is 11.6 Å². The fourth-order valence-electron chi connectivity index (χ4n) is 6.73. The summed E-state index contributed by atoms with van der Waals surface area (Å²) in [6.07, 6.45) is -3.54. The highest BCUT2D eigenvalue weighted by atomic mass is 16.6. The van der Waals surface area contributed by atoms with E-state index in [2.05, 4.69) is 0 Å². The molecule has 0 aromatic heterocycles. The Hall–Kier alpha value is -2.50. The number of hydrogen-bond acceptors (Lipinski definition) is 11. The third kappa shape index (κ3) is 4.44. The van der Waals surface area contributed by atoms with Crippen LogP contribution in [0.25, 0.3) is 0 Å². The lowest BCUT2D eigenvalue weighted by Gasteiger charge is -2.57. The van der Waals surface area contributed by atoms with Crippen molar-refractivity contribution in [3.63, 3.8) is 0 Å². The van der Waals surface area contributed by atoms with Crippen molar-refractivity contribution in [1.29, 1.82) is 0 Å². The first-order valence-electron chi connectivity index (χ1n) is 12.6. The number of carbonyl (C=O) groups is 4. The highest BCUT2D eigenvalue weighted by Gasteiger charge is 2.75. The van der Waals surface area contributed by atoms with Crippen LogP contribution in [0.4, 0.5) is 0 Å². The molecule has 3 fully saturated rings. The quantitative estimate of drug-likeness (QED) is 0.234. The molecule has 206 valence electrons. The third-order valence-corrected chi connectivity index (χ3v) is 8.76. The molecule has 4 rings (SSSR count). The van der Waals surface area contributed by atoms with Gasteiger partial charge in [0.1, 0.15) is 18.3 Å². The van der Waals surface area contributed by atoms with E-state index in [0.29, 0.717) is 18.4 Å². The summed E-state index contributed by atoms with van der Waals surface area (Å²) in [5.74, 6) is -4.63. The van der Waals surface area contributed by atoms with Crippen LogP contribution in [0.2, 0.25) is 0 Å². The van der Waals surface area contributed by atoms with Crippen LogP contribution in [-0.2, 0) is 42.9 Å². The van der Waals surface area contributed by atoms with Gasteiger partial charge in [-0.15, -0.1) is 0 Å². The van der Waals surface area contributed by atoms with Crippen molar-refractivity contribution in [2.75, 3.05) is 6.61 Å². The summed E-state index contributed by atoms with van der Waals surface area (Å²) < 4.78 is 29.0. The van der Waals surface area contributed by atoms with Crippen molar-refractivity contribution < 1.29 is 53.1 Å². The van der Waals surface area contributed by atoms with Crippen molar-refractivity contribution in [1.82, 2.24) is 0 Å². The molecule has 0 aromatic rings. The van der Waals surface area contributed by atoms with Crippen molar-refractivity contribution in [3.8, 4) is 0 Å². The lowest BCUT2D eigenvalue weighted by Crippen LogP contribution is -2.69. The molecule has 1 saturated carbocycles. The Bertz CT molecular complexity index is 1020. The molecule has 37 heavy (non-hydrogen) atoms. The van der Waals surface area contributed by atoms with Crippen LogP contribution in [0.1, 0.15) is 60.8 Å². The molecular weight excluding hydrogens is 488 g/mol. The maximum atomic E-state index is 12.8. The van der Waals surface area contributed by atoms with Crippen molar-refractivity contribution in [2.24, 2.45) is 17.3 Å². The number of ether oxygens (including phenoxy) is 5. The molecule has 10 atom stereocenters. The Balaban J connectivity index is 2.03. The molecular formula is C26H36O11. The van der Waals surface area contributed by atoms with E-state index < -0.39 is 82.8 Å². The summed E-state index contributed by atoms with van der Waals surface area (Å²) in [4.78, 5) is 49.8. The van der Waals surface area contributed by atoms with Crippen LogP contribution < -0.4 is 0 Å². The molecule has 0 amide bonds. The van der Waals surface area contributed by atoms with E-state index in [1.807, 2.05) is 0 Å². The van der Waals surface area contributed by atoms with Gasteiger partial charge in [0.15, 0.2) is 11.7 Å². The van der Waals surface area contributed by atoms with Gasteiger partial charge in [-0.3, -0.25) is 19.2 Å². The number of epoxide rings is 1. The molecule has 2 saturated heterocycles. The van der Waals surface area contributed by atoms with Gasteiger partial charge in [-0.1, -0.05) is 6.92 Å². The Morgan fingerprint density at radius 3 is 2.16 bits per heavy atom. The second-order valence-electron chi connectivity index (χ2n) is 11.1. The minimum absolute atomic E-state index is 0.0792. The number of fused-ring (bicyclic) bond motifs is 3. The first-order valence-corrected chi connectivity index (χ1v) is 12.6. The molecule has 0 aromatic carbocycles. The maximum Gasteiger partial charge on any atom is 0.312 e. The average Bonchev–Trinajstić information content (AvgIpc) is 3.52. The van der Waals surface area contributed by atoms with E-state index in [0.717, 1.165) is 0 Å². The van der Waals surface area contributed by atoms with Crippen LogP contribution in [-0.4, -0.2) is 82.4 Å². The van der Waals surface area contributed by atoms with Gasteiger partial charge < -0.3 is 33.9 Å². The molecule has 11 nitrogen and oxygen atoms in total. The van der Waals surface area contributed by atoms with Gasteiger partial charge in [0.25, 0.3) is 0 Å². The Morgan fingerprint density at radius 2 is 1.62 bits per heavy atom. The van der Waals surface area contributed by atoms with Crippen molar-refractivity contribution in [2.45, 2.75) is 103 Å². The smallest absolute Gasteiger partial charge is 0.312 e. The Labute approximate surface area is 215 Å². The SMILES string of the molecule is CC(=O)OC1[C@H]2[C@]3(CC[C@H](OC(C)=O)[C@]2(C)[C@@H](OC(C)=O)C[C@@H](O)/C(C)=C\[C@@H]2OC(=O)[C@H](C)[C@]12O)CO3. The number of carbonyl (C=O) groups excluding carboxylic acids is 4. The zero-order chi connectivity index (χ0) is 27.5. The van der Waals surface area contributed by atoms with E-state index in [-0.39, 0.29) is 13.0 Å². The van der Waals surface area contributed by atoms with Crippen molar-refractivity contribution in [3.05, 3.63) is 11.6 Å². The van der Waals surface area contributed by atoms with Gasteiger partial charge in [0.2, 0.25) is 0 Å². The van der Waals surface area contributed by atoms with E-state index >= 15 is 0 Å². The molecule has 2 N–H and O–H groups in total. The van der Waals surface area contributed by atoms with E-state index in [4.69, 9.17) is 23.7 Å². The highest BCUT2D eigenvalue weighted by molar-refractivity contribution is 5.77. The minimum atomic E-state index is -2.06. The largest absolute Gasteiger partial charge is 0.462 e. The number of esters is 4. The Morgan fingerprint density at radius 1 is 1.05 bits per heavy atom. The van der Waals surface area contributed by atoms with E-state index in [1.54, 1.807) is 13.8 Å². The summed E-state index contributed by atoms with van der Waals surface area (Å²) in [5.41, 5.74) is -3.93. The number of rotatable bonds is 3. The molecule has 1 spiro atoms. The minimum Gasteiger partial charge on any atom is -0.462 e. The number of aliphatic hydroxyl groups is 2. The second kappa shape index (κ2) is 9.36. The molecule has 0 radical (unpaired) electrons. The van der Waals surface area contributed by atoms with Gasteiger partial charge in [-0.05, 0) is 38.3 Å². The lowest BCUT2D eigenvalue weighted by molar-refractivity contribution is -0.243. The van der Waals surface area contributed by atoms with E-state index in [1.165, 1.54) is 33.8 Å². The van der Waals surface area contributed by atoms with Crippen LogP contribution in [0, 0.1) is 17.3 Å². The van der Waals surface area contributed by atoms with E-state index in [9.17, 15) is 29.4 Å². The highest BCUT2D eigenvalue weighted by Crippen LogP contribution is 2.62. The first-order chi connectivity index (χ1) is 17.2. The van der Waals surface area contributed by atoms with Gasteiger partial charge in [0, 0.05) is 33.1 Å². The van der Waals surface area contributed by atoms with Gasteiger partial charge in [-0.2, -0.15) is 0 Å². The monoisotopic (exact) mass is 524 g/mol. The zero-order valence-corrected chi connectivity index (χ0v) is 22.0. The molecule has 2 aliphatic carbocycles. The molecule has 0 bridgehead atoms. The molecule has 1 unspecified atom stereocenters. The lowest BCUT2D eigenvalue weighted by atomic mass is 9.52. The van der Waals surface area contributed by atoms with Crippen molar-refractivity contribution >= 4 is 23.9 Å². The third-order valence-electron chi connectivity index (χ3n) is 8.76. The van der Waals surface area contributed by atoms with Crippen LogP contribution in [0.5, 0.6) is 0 Å². The summed E-state index contributed by atoms with van der Waals surface area (Å²) in [6, 6.07) is 0. The summed E-state index contributed by atoms with van der Waals surface area (Å²) >= 11 is 0. The number of hydrogen-bond donors (Lipinski definition) is 2. The second-order valence-corrected chi connectivity index (χ2v) is 11.1. The average molecular weight is 525 g/mol. The van der Waals surface area contributed by atoms with Gasteiger partial charge >= 0.3 is 23.9 Å². The molecule has 2 heterocycles. The van der Waals surface area contributed by atoms with Crippen LogP contribution in [0.3, 0.4) is 0 Å². The predicted molar refractivity (Wildman–Crippen MR) is 125 cm³/mol. The standard InChI is InChI=1S/C26H36O11/c1-12-9-20-26(32,13(2)23(31)37-20)22(36-16(5)29)21-24(6,19(10-17(12)30)35-15(4)28)18(34-14(3)27)7-8-25(21)11-33-25/h9,13,17-22,30,32H,7-8,10-11H2,1-6H3/b12-9-/t13-,17+,18-,19-,20-,21+,22?,24+,25-,26+/m0/s1. The molecule has 11 heteroatoms. The normalized spacial score (nSPS) is 46.4. The van der Waals surface area contributed by atoms with Crippen LogP contribution >= 0.6 is 0 Å². The molecule has 4 aliphatic rings. The zero-order valence-electron chi connectivity index (χ0n) is 22.0. The fourth-order valence-corrected chi connectivity index (χ4v) is 6.73. The van der Waals surface area contributed by atoms with Gasteiger partial charge in [0.05, 0.1) is 29.6 Å². The predicted octanol–water partition coefficient (Wildman–Crippen LogP) is 0.970. The summed E-state index contributed by atoms with van der Waals surface area (Å²) in [5, 5.41) is 23.5. The summed E-state index contributed by atoms with van der Waals surface area (Å²) in [6.45, 7) is 8.76. The molecule has 2 aliphatic heterocycles. The fraction of sp³-hybridized carbons (Fsp3) is 0.769. The van der Waals surface area contributed by atoms with Gasteiger partial charge in [-0.25, -0.2) is 0 Å². The first kappa shape index (κ1) is 27.5. The topological polar surface area (TPSA) is 158 Å².